The first-order chi connectivity index (χ1) is 9.65. The summed E-state index contributed by atoms with van der Waals surface area (Å²) in [6, 6.07) is 10.1. The van der Waals surface area contributed by atoms with E-state index in [1.165, 1.54) is 6.42 Å². The maximum absolute atomic E-state index is 10.0. The standard InChI is InChI=1S/C17H29NO2/c1-4-15(3)11-18(5-2)12-17(19)14-20-13-16-9-7-6-8-10-16/h6-10,15,17,19H,4-5,11-14H2,1-3H3. The molecule has 1 aromatic carbocycles. The van der Waals surface area contributed by atoms with E-state index in [0.29, 0.717) is 25.7 Å². The highest BCUT2D eigenvalue weighted by Crippen LogP contribution is 2.06. The Morgan fingerprint density at radius 2 is 1.85 bits per heavy atom. The topological polar surface area (TPSA) is 32.7 Å². The fourth-order valence-corrected chi connectivity index (χ4v) is 2.14. The molecular weight excluding hydrogens is 250 g/mol. The average molecular weight is 279 g/mol. The minimum atomic E-state index is -0.414. The number of likely N-dealkylation sites (N-methyl/N-ethyl adjacent to an activating group) is 1. The zero-order valence-corrected chi connectivity index (χ0v) is 13.1. The molecule has 3 nitrogen and oxygen atoms in total. The second-order valence-corrected chi connectivity index (χ2v) is 5.52. The van der Waals surface area contributed by atoms with Gasteiger partial charge in [-0.3, -0.25) is 0 Å². The van der Waals surface area contributed by atoms with Gasteiger partial charge in [0, 0.05) is 13.1 Å². The maximum Gasteiger partial charge on any atom is 0.0900 e. The third-order valence-electron chi connectivity index (χ3n) is 3.60. The van der Waals surface area contributed by atoms with Crippen molar-refractivity contribution >= 4 is 0 Å². The van der Waals surface area contributed by atoms with Crippen molar-refractivity contribution in [1.29, 1.82) is 0 Å². The van der Waals surface area contributed by atoms with E-state index >= 15 is 0 Å². The molecule has 2 atom stereocenters. The van der Waals surface area contributed by atoms with Gasteiger partial charge in [-0.25, -0.2) is 0 Å². The van der Waals surface area contributed by atoms with Crippen LogP contribution >= 0.6 is 0 Å². The highest BCUT2D eigenvalue weighted by molar-refractivity contribution is 5.13. The molecule has 3 heteroatoms. The molecule has 20 heavy (non-hydrogen) atoms. The second-order valence-electron chi connectivity index (χ2n) is 5.52. The molecular formula is C17H29NO2. The van der Waals surface area contributed by atoms with Crippen molar-refractivity contribution in [3.63, 3.8) is 0 Å². The molecule has 114 valence electrons. The second kappa shape index (κ2) is 9.92. The van der Waals surface area contributed by atoms with Gasteiger partial charge in [0.2, 0.25) is 0 Å². The quantitative estimate of drug-likeness (QED) is 0.715. The lowest BCUT2D eigenvalue weighted by Gasteiger charge is -2.26. The van der Waals surface area contributed by atoms with Crippen LogP contribution in [-0.2, 0) is 11.3 Å². The summed E-state index contributed by atoms with van der Waals surface area (Å²) >= 11 is 0. The number of ether oxygens (including phenoxy) is 1. The van der Waals surface area contributed by atoms with Gasteiger partial charge < -0.3 is 14.7 Å². The molecule has 0 aliphatic carbocycles. The molecule has 0 spiro atoms. The highest BCUT2D eigenvalue weighted by atomic mass is 16.5. The van der Waals surface area contributed by atoms with E-state index in [1.807, 2.05) is 30.3 Å². The minimum absolute atomic E-state index is 0.395. The first kappa shape index (κ1) is 17.2. The minimum Gasteiger partial charge on any atom is -0.389 e. The molecule has 0 aliphatic heterocycles. The van der Waals surface area contributed by atoms with Gasteiger partial charge >= 0.3 is 0 Å². The largest absolute Gasteiger partial charge is 0.389 e. The summed E-state index contributed by atoms with van der Waals surface area (Å²) in [6.07, 6.45) is 0.764. The van der Waals surface area contributed by atoms with Gasteiger partial charge in [0.05, 0.1) is 19.3 Å². The first-order valence-corrected chi connectivity index (χ1v) is 7.67. The van der Waals surface area contributed by atoms with Crippen LogP contribution in [0.15, 0.2) is 30.3 Å². The van der Waals surface area contributed by atoms with Crippen LogP contribution in [0.25, 0.3) is 0 Å². The van der Waals surface area contributed by atoms with Crippen molar-refractivity contribution in [2.45, 2.75) is 39.9 Å². The highest BCUT2D eigenvalue weighted by Gasteiger charge is 2.12. The number of nitrogens with zero attached hydrogens (tertiary/aromatic N) is 1. The molecule has 1 aromatic rings. The molecule has 0 bridgehead atoms. The van der Waals surface area contributed by atoms with E-state index in [1.54, 1.807) is 0 Å². The average Bonchev–Trinajstić information content (AvgIpc) is 2.47. The summed E-state index contributed by atoms with van der Waals surface area (Å²) in [5.41, 5.74) is 1.15. The van der Waals surface area contributed by atoms with Gasteiger partial charge in [-0.2, -0.15) is 0 Å². The Morgan fingerprint density at radius 1 is 1.15 bits per heavy atom. The number of hydrogen-bond donors (Lipinski definition) is 1. The normalized spacial score (nSPS) is 14.4. The Bertz CT molecular complexity index is 342. The molecule has 0 fully saturated rings. The van der Waals surface area contributed by atoms with Gasteiger partial charge in [0.25, 0.3) is 0 Å². The predicted octanol–water partition coefficient (Wildman–Crippen LogP) is 2.93. The van der Waals surface area contributed by atoms with Crippen molar-refractivity contribution in [2.75, 3.05) is 26.2 Å². The van der Waals surface area contributed by atoms with Crippen LogP contribution in [0.3, 0.4) is 0 Å². The smallest absolute Gasteiger partial charge is 0.0900 e. The third kappa shape index (κ3) is 7.04. The molecule has 2 unspecified atom stereocenters. The van der Waals surface area contributed by atoms with Crippen molar-refractivity contribution in [3.05, 3.63) is 35.9 Å². The first-order valence-electron chi connectivity index (χ1n) is 7.67. The van der Waals surface area contributed by atoms with Crippen LogP contribution in [0.4, 0.5) is 0 Å². The van der Waals surface area contributed by atoms with E-state index in [0.717, 1.165) is 18.7 Å². The van der Waals surface area contributed by atoms with Crippen molar-refractivity contribution in [2.24, 2.45) is 5.92 Å². The molecule has 0 saturated carbocycles. The molecule has 0 heterocycles. The van der Waals surface area contributed by atoms with Gasteiger partial charge in [-0.1, -0.05) is 57.5 Å². The summed E-state index contributed by atoms with van der Waals surface area (Å²) in [4.78, 5) is 2.30. The van der Waals surface area contributed by atoms with Gasteiger partial charge in [0.1, 0.15) is 0 Å². The Morgan fingerprint density at radius 3 is 2.45 bits per heavy atom. The van der Waals surface area contributed by atoms with Crippen molar-refractivity contribution in [1.82, 2.24) is 4.90 Å². The fourth-order valence-electron chi connectivity index (χ4n) is 2.14. The molecule has 0 aromatic heterocycles. The van der Waals surface area contributed by atoms with Crippen LogP contribution in [0.5, 0.6) is 0 Å². The van der Waals surface area contributed by atoms with Crippen LogP contribution in [0.2, 0.25) is 0 Å². The molecule has 1 rings (SSSR count). The number of benzene rings is 1. The number of rotatable bonds is 10. The zero-order chi connectivity index (χ0) is 14.8. The number of hydrogen-bond acceptors (Lipinski definition) is 3. The zero-order valence-electron chi connectivity index (χ0n) is 13.1. The van der Waals surface area contributed by atoms with Crippen LogP contribution < -0.4 is 0 Å². The van der Waals surface area contributed by atoms with Gasteiger partial charge in [0.15, 0.2) is 0 Å². The van der Waals surface area contributed by atoms with Gasteiger partial charge in [-0.05, 0) is 18.0 Å². The summed E-state index contributed by atoms with van der Waals surface area (Å²) < 4.78 is 5.58. The summed E-state index contributed by atoms with van der Waals surface area (Å²) in [7, 11) is 0. The summed E-state index contributed by atoms with van der Waals surface area (Å²) in [5, 5.41) is 10.0. The van der Waals surface area contributed by atoms with E-state index < -0.39 is 6.10 Å². The SMILES string of the molecule is CCC(C)CN(CC)CC(O)COCc1ccccc1. The summed E-state index contributed by atoms with van der Waals surface area (Å²) in [5.74, 6) is 0.674. The van der Waals surface area contributed by atoms with Gasteiger partial charge in [-0.15, -0.1) is 0 Å². The maximum atomic E-state index is 10.0. The monoisotopic (exact) mass is 279 g/mol. The predicted molar refractivity (Wildman–Crippen MR) is 83.7 cm³/mol. The van der Waals surface area contributed by atoms with Crippen LogP contribution in [-0.4, -0.2) is 42.4 Å². The van der Waals surface area contributed by atoms with E-state index in [9.17, 15) is 5.11 Å². The van der Waals surface area contributed by atoms with E-state index in [2.05, 4.69) is 25.7 Å². The van der Waals surface area contributed by atoms with Crippen LogP contribution in [0, 0.1) is 5.92 Å². The Labute approximate surface area is 123 Å². The lowest BCUT2D eigenvalue weighted by molar-refractivity contribution is 0.00868. The van der Waals surface area contributed by atoms with Crippen molar-refractivity contribution < 1.29 is 9.84 Å². The van der Waals surface area contributed by atoms with E-state index in [-0.39, 0.29) is 0 Å². The molecule has 0 radical (unpaired) electrons. The molecule has 0 aliphatic rings. The Hall–Kier alpha value is -0.900. The Kier molecular flexibility index (Phi) is 8.51. The van der Waals surface area contributed by atoms with Crippen molar-refractivity contribution in [3.8, 4) is 0 Å². The number of aliphatic hydroxyl groups is 1. The fraction of sp³-hybridized carbons (Fsp3) is 0.647. The third-order valence-corrected chi connectivity index (χ3v) is 3.60. The molecule has 0 amide bonds. The lowest BCUT2D eigenvalue weighted by Crippen LogP contribution is -2.37. The molecule has 1 N–H and O–H groups in total. The van der Waals surface area contributed by atoms with Crippen LogP contribution in [0.1, 0.15) is 32.8 Å². The lowest BCUT2D eigenvalue weighted by atomic mass is 10.1. The Balaban J connectivity index is 2.22. The summed E-state index contributed by atoms with van der Waals surface area (Å²) in [6.45, 7) is 10.3. The van der Waals surface area contributed by atoms with E-state index in [4.69, 9.17) is 4.74 Å². The number of aliphatic hydroxyl groups excluding tert-OH is 1. The molecule has 0 saturated heterocycles.